The predicted molar refractivity (Wildman–Crippen MR) is 89.6 cm³/mol. The molecule has 0 aromatic heterocycles. The maximum Gasteiger partial charge on any atom is 0.256 e. The van der Waals surface area contributed by atoms with Crippen LogP contribution in [0.1, 0.15) is 20.7 Å². The second kappa shape index (κ2) is 7.19. The Labute approximate surface area is 148 Å². The average Bonchev–Trinajstić information content (AvgIpc) is 2.61. The van der Waals surface area contributed by atoms with Crippen molar-refractivity contribution < 1.29 is 18.4 Å². The number of benzene rings is 2. The molecule has 0 radical (unpaired) electrons. The third-order valence-electron chi connectivity index (χ3n) is 4.11. The molecule has 0 atom stereocenters. The maximum absolute atomic E-state index is 13.8. The summed E-state index contributed by atoms with van der Waals surface area (Å²) < 4.78 is 26.7. The van der Waals surface area contributed by atoms with Crippen molar-refractivity contribution in [1.29, 1.82) is 0 Å². The molecule has 4 nitrogen and oxygen atoms in total. The summed E-state index contributed by atoms with van der Waals surface area (Å²) in [5, 5.41) is 0.549. The van der Waals surface area contributed by atoms with Crippen LogP contribution in [0.4, 0.5) is 8.78 Å². The van der Waals surface area contributed by atoms with Crippen LogP contribution in [0.5, 0.6) is 0 Å². The van der Waals surface area contributed by atoms with E-state index in [-0.39, 0.29) is 24.6 Å². The number of hydrogen-bond acceptors (Lipinski definition) is 2. The summed E-state index contributed by atoms with van der Waals surface area (Å²) in [6.45, 7) is 1.26. The van der Waals surface area contributed by atoms with Crippen LogP contribution in [-0.2, 0) is 0 Å². The molecule has 0 bridgehead atoms. The summed E-state index contributed by atoms with van der Waals surface area (Å²) in [6, 6.07) is 9.46. The normalized spacial score (nSPS) is 14.5. The van der Waals surface area contributed by atoms with Gasteiger partial charge in [0, 0.05) is 42.8 Å². The van der Waals surface area contributed by atoms with Crippen LogP contribution in [0.15, 0.2) is 42.5 Å². The highest BCUT2D eigenvalue weighted by molar-refractivity contribution is 6.30. The molecule has 25 heavy (non-hydrogen) atoms. The number of carbonyl (C=O) groups excluding carboxylic acids is 2. The third-order valence-corrected chi connectivity index (χ3v) is 4.36. The zero-order chi connectivity index (χ0) is 18.0. The van der Waals surface area contributed by atoms with Gasteiger partial charge in [-0.25, -0.2) is 8.78 Å². The van der Waals surface area contributed by atoms with Crippen molar-refractivity contribution >= 4 is 23.4 Å². The van der Waals surface area contributed by atoms with Crippen molar-refractivity contribution in [2.75, 3.05) is 26.2 Å². The molecule has 1 saturated heterocycles. The summed E-state index contributed by atoms with van der Waals surface area (Å²) in [6.07, 6.45) is 0. The van der Waals surface area contributed by atoms with Gasteiger partial charge in [-0.2, -0.15) is 0 Å². The van der Waals surface area contributed by atoms with E-state index in [2.05, 4.69) is 0 Å². The van der Waals surface area contributed by atoms with E-state index in [1.165, 1.54) is 4.90 Å². The molecule has 0 unspecified atom stereocenters. The molecule has 1 aliphatic heterocycles. The Morgan fingerprint density at radius 2 is 1.40 bits per heavy atom. The van der Waals surface area contributed by atoms with Crippen molar-refractivity contribution in [1.82, 2.24) is 9.80 Å². The standard InChI is InChI=1S/C18H15ClF2N2O2/c19-13-3-1-12(2-4-13)17(24)22-7-9-23(10-8-22)18(25)15-6-5-14(20)11-16(15)21/h1-6,11H,7-10H2. The first-order valence-corrected chi connectivity index (χ1v) is 8.12. The van der Waals surface area contributed by atoms with E-state index in [1.54, 1.807) is 29.2 Å². The van der Waals surface area contributed by atoms with Crippen molar-refractivity contribution in [3.63, 3.8) is 0 Å². The summed E-state index contributed by atoms with van der Waals surface area (Å²) >= 11 is 5.81. The van der Waals surface area contributed by atoms with Gasteiger partial charge in [0.15, 0.2) is 0 Å². The summed E-state index contributed by atoms with van der Waals surface area (Å²) in [7, 11) is 0. The molecule has 2 amide bonds. The molecule has 0 saturated carbocycles. The van der Waals surface area contributed by atoms with E-state index in [0.29, 0.717) is 29.7 Å². The smallest absolute Gasteiger partial charge is 0.256 e. The van der Waals surface area contributed by atoms with Gasteiger partial charge in [0.2, 0.25) is 0 Å². The zero-order valence-electron chi connectivity index (χ0n) is 13.2. The molecule has 3 rings (SSSR count). The van der Waals surface area contributed by atoms with Crippen LogP contribution in [0, 0.1) is 11.6 Å². The van der Waals surface area contributed by atoms with Gasteiger partial charge in [-0.1, -0.05) is 11.6 Å². The fourth-order valence-corrected chi connectivity index (χ4v) is 2.85. The minimum absolute atomic E-state index is 0.142. The highest BCUT2D eigenvalue weighted by atomic mass is 35.5. The molecule has 2 aromatic carbocycles. The molecule has 0 N–H and O–H groups in total. The quantitative estimate of drug-likeness (QED) is 0.821. The van der Waals surface area contributed by atoms with Crippen molar-refractivity contribution in [3.8, 4) is 0 Å². The lowest BCUT2D eigenvalue weighted by Crippen LogP contribution is -2.50. The van der Waals surface area contributed by atoms with Gasteiger partial charge < -0.3 is 9.80 Å². The first-order valence-electron chi connectivity index (χ1n) is 7.75. The monoisotopic (exact) mass is 364 g/mol. The van der Waals surface area contributed by atoms with Gasteiger partial charge in [0.25, 0.3) is 11.8 Å². The summed E-state index contributed by atoms with van der Waals surface area (Å²) in [5.41, 5.74) is 0.354. The lowest BCUT2D eigenvalue weighted by Gasteiger charge is -2.35. The predicted octanol–water partition coefficient (Wildman–Crippen LogP) is 3.22. The van der Waals surface area contributed by atoms with Gasteiger partial charge in [-0.15, -0.1) is 0 Å². The van der Waals surface area contributed by atoms with Gasteiger partial charge in [0.1, 0.15) is 11.6 Å². The van der Waals surface area contributed by atoms with Crippen molar-refractivity contribution in [2.24, 2.45) is 0 Å². The number of halogens is 3. The minimum atomic E-state index is -0.885. The average molecular weight is 365 g/mol. The molecule has 1 aliphatic rings. The number of nitrogens with zero attached hydrogens (tertiary/aromatic N) is 2. The Morgan fingerprint density at radius 1 is 0.840 bits per heavy atom. The van der Waals surface area contributed by atoms with E-state index >= 15 is 0 Å². The Bertz CT molecular complexity index is 803. The van der Waals surface area contributed by atoms with Crippen LogP contribution in [0.25, 0.3) is 0 Å². The third kappa shape index (κ3) is 3.79. The SMILES string of the molecule is O=C(c1ccc(Cl)cc1)N1CCN(C(=O)c2ccc(F)cc2F)CC1. The zero-order valence-corrected chi connectivity index (χ0v) is 14.0. The molecule has 1 fully saturated rings. The second-order valence-electron chi connectivity index (χ2n) is 5.72. The largest absolute Gasteiger partial charge is 0.335 e. The van der Waals surface area contributed by atoms with E-state index in [9.17, 15) is 18.4 Å². The van der Waals surface area contributed by atoms with Crippen LogP contribution in [-0.4, -0.2) is 47.8 Å². The van der Waals surface area contributed by atoms with Gasteiger partial charge >= 0.3 is 0 Å². The number of rotatable bonds is 2. The van der Waals surface area contributed by atoms with Gasteiger partial charge in [-0.3, -0.25) is 9.59 Å². The number of amides is 2. The highest BCUT2D eigenvalue weighted by Gasteiger charge is 2.26. The summed E-state index contributed by atoms with van der Waals surface area (Å²) in [5.74, 6) is -2.26. The topological polar surface area (TPSA) is 40.6 Å². The first kappa shape index (κ1) is 17.4. The second-order valence-corrected chi connectivity index (χ2v) is 6.15. The lowest BCUT2D eigenvalue weighted by atomic mass is 10.1. The molecule has 0 aliphatic carbocycles. The van der Waals surface area contributed by atoms with Crippen molar-refractivity contribution in [2.45, 2.75) is 0 Å². The Balaban J connectivity index is 1.64. The maximum atomic E-state index is 13.8. The molecule has 1 heterocycles. The minimum Gasteiger partial charge on any atom is -0.335 e. The number of hydrogen-bond donors (Lipinski definition) is 0. The lowest BCUT2D eigenvalue weighted by molar-refractivity contribution is 0.0532. The van der Waals surface area contributed by atoms with Crippen molar-refractivity contribution in [3.05, 3.63) is 70.2 Å². The van der Waals surface area contributed by atoms with E-state index in [4.69, 9.17) is 11.6 Å². The molecule has 7 heteroatoms. The van der Waals surface area contributed by atoms with Crippen LogP contribution >= 0.6 is 11.6 Å². The molecule has 130 valence electrons. The van der Waals surface area contributed by atoms with Crippen LogP contribution in [0.2, 0.25) is 5.02 Å². The first-order chi connectivity index (χ1) is 12.0. The number of carbonyl (C=O) groups is 2. The Kier molecular flexibility index (Phi) is 4.99. The van der Waals surface area contributed by atoms with Crippen LogP contribution in [0.3, 0.4) is 0 Å². The highest BCUT2D eigenvalue weighted by Crippen LogP contribution is 2.16. The molecule has 2 aromatic rings. The Morgan fingerprint density at radius 3 is 1.96 bits per heavy atom. The fourth-order valence-electron chi connectivity index (χ4n) is 2.72. The van der Waals surface area contributed by atoms with E-state index < -0.39 is 17.5 Å². The molecular formula is C18H15ClF2N2O2. The fraction of sp³-hybridized carbons (Fsp3) is 0.222. The van der Waals surface area contributed by atoms with E-state index in [1.807, 2.05) is 0 Å². The summed E-state index contributed by atoms with van der Waals surface area (Å²) in [4.78, 5) is 27.9. The van der Waals surface area contributed by atoms with Crippen LogP contribution < -0.4 is 0 Å². The van der Waals surface area contributed by atoms with Gasteiger partial charge in [-0.05, 0) is 36.4 Å². The van der Waals surface area contributed by atoms with E-state index in [0.717, 1.165) is 12.1 Å². The molecule has 0 spiro atoms. The Hall–Kier alpha value is -2.47. The number of piperazine rings is 1. The molecular weight excluding hydrogens is 350 g/mol. The van der Waals surface area contributed by atoms with Gasteiger partial charge in [0.05, 0.1) is 5.56 Å².